The lowest BCUT2D eigenvalue weighted by molar-refractivity contribution is -0.146. The second-order valence-electron chi connectivity index (χ2n) is 7.35. The third kappa shape index (κ3) is 4.36. The average Bonchev–Trinajstić information content (AvgIpc) is 2.67. The quantitative estimate of drug-likeness (QED) is 0.798. The van der Waals surface area contributed by atoms with Gasteiger partial charge >= 0.3 is 11.8 Å². The molecule has 0 bridgehead atoms. The molecule has 2 aromatic rings. The number of anilines is 1. The summed E-state index contributed by atoms with van der Waals surface area (Å²) in [5.74, 6) is -1.69. The highest BCUT2D eigenvalue weighted by Crippen LogP contribution is 2.33. The monoisotopic (exact) mass is 380 g/mol. The highest BCUT2D eigenvalue weighted by molar-refractivity contribution is 6.39. The first kappa shape index (κ1) is 19.5. The number of nitrogens with two attached hydrogens (primary N) is 1. The molecule has 0 aliphatic carbocycles. The molecule has 0 radical (unpaired) electrons. The molecule has 0 spiro atoms. The molecule has 0 saturated carbocycles. The molecule has 7 heteroatoms. The third-order valence-corrected chi connectivity index (χ3v) is 4.98. The van der Waals surface area contributed by atoms with Gasteiger partial charge in [-0.05, 0) is 37.3 Å². The van der Waals surface area contributed by atoms with Gasteiger partial charge in [0.05, 0.1) is 23.5 Å². The molecular weight excluding hydrogens is 356 g/mol. The van der Waals surface area contributed by atoms with Crippen LogP contribution >= 0.6 is 0 Å². The van der Waals surface area contributed by atoms with E-state index in [2.05, 4.69) is 23.3 Å². The van der Waals surface area contributed by atoms with Crippen molar-refractivity contribution in [1.29, 1.82) is 0 Å². The first-order valence-corrected chi connectivity index (χ1v) is 9.28. The predicted molar refractivity (Wildman–Crippen MR) is 105 cm³/mol. The molecule has 3 amide bonds. The summed E-state index contributed by atoms with van der Waals surface area (Å²) in [5.41, 5.74) is 7.80. The molecule has 3 N–H and O–H groups in total. The molecule has 1 aliphatic rings. The maximum atomic E-state index is 12.9. The summed E-state index contributed by atoms with van der Waals surface area (Å²) in [5, 5.41) is 2.53. The van der Waals surface area contributed by atoms with Gasteiger partial charge in [0.2, 0.25) is 5.91 Å². The maximum Gasteiger partial charge on any atom is 0.313 e. The Bertz CT molecular complexity index is 912. The summed E-state index contributed by atoms with van der Waals surface area (Å²) >= 11 is 0. The minimum atomic E-state index is -0.754. The molecule has 1 saturated heterocycles. The van der Waals surface area contributed by atoms with Crippen LogP contribution in [0.5, 0.6) is 0 Å². The zero-order chi connectivity index (χ0) is 20.3. The fourth-order valence-corrected chi connectivity index (χ4v) is 3.56. The smallest absolute Gasteiger partial charge is 0.313 e. The van der Waals surface area contributed by atoms with Crippen LogP contribution in [0.1, 0.15) is 47.3 Å². The van der Waals surface area contributed by atoms with Gasteiger partial charge in [0.25, 0.3) is 0 Å². The van der Waals surface area contributed by atoms with Crippen molar-refractivity contribution in [3.8, 4) is 0 Å². The molecule has 0 unspecified atom stereocenters. The topological polar surface area (TPSA) is 105 Å². The first-order valence-electron chi connectivity index (χ1n) is 9.28. The summed E-state index contributed by atoms with van der Waals surface area (Å²) in [6, 6.07) is 9.28. The van der Waals surface area contributed by atoms with E-state index in [1.54, 1.807) is 4.90 Å². The number of carbonyl (C=O) groups is 3. The van der Waals surface area contributed by atoms with Gasteiger partial charge in [-0.15, -0.1) is 0 Å². The normalized spacial score (nSPS) is 19.1. The van der Waals surface area contributed by atoms with Crippen molar-refractivity contribution in [2.24, 2.45) is 11.7 Å². The van der Waals surface area contributed by atoms with E-state index in [1.807, 2.05) is 25.1 Å². The fourth-order valence-electron chi connectivity index (χ4n) is 3.56. The number of hydrogen-bond donors (Lipinski definition) is 2. The number of rotatable bonds is 3. The highest BCUT2D eigenvalue weighted by Gasteiger charge is 2.34. The minimum absolute atomic E-state index is 0.135. The van der Waals surface area contributed by atoms with Crippen LogP contribution in [0.4, 0.5) is 5.69 Å². The Hall–Kier alpha value is -3.22. The van der Waals surface area contributed by atoms with Crippen molar-refractivity contribution in [1.82, 2.24) is 9.88 Å². The lowest BCUT2D eigenvalue weighted by Crippen LogP contribution is -2.46. The lowest BCUT2D eigenvalue weighted by Gasteiger charge is -2.38. The Morgan fingerprint density at radius 3 is 2.68 bits per heavy atom. The van der Waals surface area contributed by atoms with E-state index in [4.69, 9.17) is 5.73 Å². The SMILES string of the molecule is Cc1cccc([C@@H]2CC[C@@H](C)CN2C(=O)C(=O)Nc2cncc(C(N)=O)c2)c1. The van der Waals surface area contributed by atoms with Gasteiger partial charge in [0.15, 0.2) is 0 Å². The van der Waals surface area contributed by atoms with Crippen LogP contribution in [-0.2, 0) is 9.59 Å². The van der Waals surface area contributed by atoms with Gasteiger partial charge in [-0.25, -0.2) is 0 Å². The van der Waals surface area contributed by atoms with Crippen LogP contribution in [0.3, 0.4) is 0 Å². The van der Waals surface area contributed by atoms with Crippen LogP contribution in [0.15, 0.2) is 42.7 Å². The second kappa shape index (κ2) is 8.21. The zero-order valence-electron chi connectivity index (χ0n) is 16.0. The van der Waals surface area contributed by atoms with E-state index < -0.39 is 17.7 Å². The van der Waals surface area contributed by atoms with E-state index in [0.29, 0.717) is 12.5 Å². The van der Waals surface area contributed by atoms with Crippen LogP contribution in [-0.4, -0.2) is 34.2 Å². The van der Waals surface area contributed by atoms with Crippen molar-refractivity contribution in [2.75, 3.05) is 11.9 Å². The summed E-state index contributed by atoms with van der Waals surface area (Å²) < 4.78 is 0. The Labute approximate surface area is 163 Å². The van der Waals surface area contributed by atoms with Crippen molar-refractivity contribution < 1.29 is 14.4 Å². The molecule has 1 aromatic heterocycles. The van der Waals surface area contributed by atoms with Crippen molar-refractivity contribution >= 4 is 23.4 Å². The number of amides is 3. The molecule has 2 atom stereocenters. The Balaban J connectivity index is 1.80. The summed E-state index contributed by atoms with van der Waals surface area (Å²) in [7, 11) is 0. The van der Waals surface area contributed by atoms with E-state index in [-0.39, 0.29) is 17.3 Å². The molecular formula is C21H24N4O3. The number of aromatic nitrogens is 1. The van der Waals surface area contributed by atoms with E-state index in [1.165, 1.54) is 18.5 Å². The molecule has 1 aromatic carbocycles. The van der Waals surface area contributed by atoms with Gasteiger partial charge in [0, 0.05) is 12.7 Å². The second-order valence-corrected chi connectivity index (χ2v) is 7.35. The van der Waals surface area contributed by atoms with E-state index >= 15 is 0 Å². The van der Waals surface area contributed by atoms with E-state index in [0.717, 1.165) is 24.0 Å². The van der Waals surface area contributed by atoms with Crippen molar-refractivity contribution in [2.45, 2.75) is 32.7 Å². The van der Waals surface area contributed by atoms with Crippen molar-refractivity contribution in [3.05, 3.63) is 59.4 Å². The van der Waals surface area contributed by atoms with Gasteiger partial charge in [-0.2, -0.15) is 0 Å². The predicted octanol–water partition coefficient (Wildman–Crippen LogP) is 2.43. The number of primary amides is 1. The Morgan fingerprint density at radius 1 is 1.18 bits per heavy atom. The number of piperidine rings is 1. The highest BCUT2D eigenvalue weighted by atomic mass is 16.2. The summed E-state index contributed by atoms with van der Waals surface area (Å²) in [6.07, 6.45) is 4.48. The largest absolute Gasteiger partial charge is 0.366 e. The molecule has 7 nitrogen and oxygen atoms in total. The minimum Gasteiger partial charge on any atom is -0.366 e. The van der Waals surface area contributed by atoms with Crippen LogP contribution in [0.25, 0.3) is 0 Å². The third-order valence-electron chi connectivity index (χ3n) is 4.98. The molecule has 1 fully saturated rings. The molecule has 2 heterocycles. The Kier molecular flexibility index (Phi) is 5.73. The van der Waals surface area contributed by atoms with Gasteiger partial charge < -0.3 is 16.0 Å². The maximum absolute atomic E-state index is 12.9. The molecule has 146 valence electrons. The zero-order valence-corrected chi connectivity index (χ0v) is 16.0. The number of nitrogens with zero attached hydrogens (tertiary/aromatic N) is 2. The number of pyridine rings is 1. The van der Waals surface area contributed by atoms with E-state index in [9.17, 15) is 14.4 Å². The Morgan fingerprint density at radius 2 is 1.96 bits per heavy atom. The molecule has 28 heavy (non-hydrogen) atoms. The fraction of sp³-hybridized carbons (Fsp3) is 0.333. The number of aryl methyl sites for hydroxylation is 1. The number of carbonyl (C=O) groups excluding carboxylic acids is 3. The van der Waals surface area contributed by atoms with Crippen LogP contribution in [0, 0.1) is 12.8 Å². The summed E-state index contributed by atoms with van der Waals surface area (Å²) in [6.45, 7) is 4.60. The van der Waals surface area contributed by atoms with Gasteiger partial charge in [0.1, 0.15) is 0 Å². The molecule has 1 aliphatic heterocycles. The average molecular weight is 380 g/mol. The molecule has 3 rings (SSSR count). The van der Waals surface area contributed by atoms with Gasteiger partial charge in [-0.3, -0.25) is 19.4 Å². The van der Waals surface area contributed by atoms with Crippen LogP contribution in [0.2, 0.25) is 0 Å². The summed E-state index contributed by atoms with van der Waals surface area (Å²) in [4.78, 5) is 42.3. The lowest BCUT2D eigenvalue weighted by atomic mass is 9.89. The first-order chi connectivity index (χ1) is 13.3. The number of benzene rings is 1. The van der Waals surface area contributed by atoms with Crippen molar-refractivity contribution in [3.63, 3.8) is 0 Å². The van der Waals surface area contributed by atoms with Gasteiger partial charge in [-0.1, -0.05) is 36.8 Å². The number of likely N-dealkylation sites (tertiary alicyclic amines) is 1. The standard InChI is InChI=1S/C21H24N4O3/c1-13-4-3-5-15(8-13)18-7-6-14(2)12-25(18)21(28)20(27)24-17-9-16(19(22)26)10-23-11-17/h3-5,8-11,14,18H,6-7,12H2,1-2H3,(H2,22,26)(H,24,27)/t14-,18+/m1/s1. The number of hydrogen-bond acceptors (Lipinski definition) is 4. The number of nitrogens with one attached hydrogen (secondary N) is 1. The van der Waals surface area contributed by atoms with Crippen LogP contribution < -0.4 is 11.1 Å².